The lowest BCUT2D eigenvalue weighted by Crippen LogP contribution is -1.94. The number of benzene rings is 1. The highest BCUT2D eigenvalue weighted by molar-refractivity contribution is 5.93. The summed E-state index contributed by atoms with van der Waals surface area (Å²) in [6.07, 6.45) is 1.52. The summed E-state index contributed by atoms with van der Waals surface area (Å²) in [6.45, 7) is 3.53. The number of ketones is 1. The van der Waals surface area contributed by atoms with Crippen LogP contribution in [0.1, 0.15) is 22.8 Å². The number of ether oxygens (including phenoxy) is 1. The lowest BCUT2D eigenvalue weighted by Gasteiger charge is -2.05. The molecule has 0 spiro atoms. The van der Waals surface area contributed by atoms with Crippen molar-refractivity contribution in [1.29, 1.82) is 0 Å². The number of rotatable bonds is 3. The van der Waals surface area contributed by atoms with Crippen molar-refractivity contribution < 1.29 is 9.53 Å². The minimum Gasteiger partial charge on any atom is -0.439 e. The molecule has 0 radical (unpaired) electrons. The average molecular weight is 227 g/mol. The van der Waals surface area contributed by atoms with E-state index in [0.29, 0.717) is 11.4 Å². The van der Waals surface area contributed by atoms with Crippen LogP contribution in [0.3, 0.4) is 0 Å². The Hall–Kier alpha value is -2.16. The zero-order valence-electron chi connectivity index (χ0n) is 9.81. The lowest BCUT2D eigenvalue weighted by molar-refractivity contribution is 0.101. The van der Waals surface area contributed by atoms with Gasteiger partial charge in [0.25, 0.3) is 0 Å². The largest absolute Gasteiger partial charge is 0.439 e. The van der Waals surface area contributed by atoms with Crippen LogP contribution in [0.25, 0.3) is 0 Å². The van der Waals surface area contributed by atoms with Crippen molar-refractivity contribution in [2.24, 2.45) is 0 Å². The molecule has 0 aliphatic rings. The molecule has 0 atom stereocenters. The van der Waals surface area contributed by atoms with Gasteiger partial charge < -0.3 is 4.74 Å². The topological polar surface area (TPSA) is 39.2 Å². The molecule has 0 fully saturated rings. The number of carbonyl (C=O) groups excluding carboxylic acids is 1. The van der Waals surface area contributed by atoms with Crippen LogP contribution in [-0.4, -0.2) is 10.8 Å². The van der Waals surface area contributed by atoms with Gasteiger partial charge in [-0.15, -0.1) is 0 Å². The second-order valence-corrected chi connectivity index (χ2v) is 3.86. The van der Waals surface area contributed by atoms with Gasteiger partial charge >= 0.3 is 0 Å². The molecule has 0 saturated carbocycles. The lowest BCUT2D eigenvalue weighted by atomic mass is 10.2. The highest BCUT2D eigenvalue weighted by atomic mass is 16.5. The third-order valence-corrected chi connectivity index (χ3v) is 2.39. The van der Waals surface area contributed by atoms with Gasteiger partial charge in [-0.05, 0) is 32.0 Å². The molecule has 3 nitrogen and oxygen atoms in total. The fourth-order valence-electron chi connectivity index (χ4n) is 1.38. The van der Waals surface area contributed by atoms with Gasteiger partial charge in [-0.3, -0.25) is 4.79 Å². The molecule has 0 amide bonds. The highest BCUT2D eigenvalue weighted by Crippen LogP contribution is 2.19. The third kappa shape index (κ3) is 2.91. The van der Waals surface area contributed by atoms with E-state index in [4.69, 9.17) is 4.74 Å². The maximum atomic E-state index is 11.1. The Kier molecular flexibility index (Phi) is 3.19. The van der Waals surface area contributed by atoms with E-state index in [9.17, 15) is 4.79 Å². The SMILES string of the molecule is CC(=O)c1ccc(Oc2ccc(C)cc2)nc1. The molecule has 0 bridgehead atoms. The van der Waals surface area contributed by atoms with Crippen LogP contribution >= 0.6 is 0 Å². The number of hydrogen-bond donors (Lipinski definition) is 0. The first-order valence-electron chi connectivity index (χ1n) is 5.36. The van der Waals surface area contributed by atoms with Crippen molar-refractivity contribution in [1.82, 2.24) is 4.98 Å². The molecule has 0 aliphatic heterocycles. The predicted octanol–water partition coefficient (Wildman–Crippen LogP) is 3.38. The maximum Gasteiger partial charge on any atom is 0.219 e. The summed E-state index contributed by atoms with van der Waals surface area (Å²) < 4.78 is 5.55. The van der Waals surface area contributed by atoms with E-state index in [1.165, 1.54) is 18.7 Å². The van der Waals surface area contributed by atoms with E-state index < -0.39 is 0 Å². The van der Waals surface area contributed by atoms with E-state index in [2.05, 4.69) is 4.98 Å². The Morgan fingerprint density at radius 2 is 1.82 bits per heavy atom. The Morgan fingerprint density at radius 1 is 1.12 bits per heavy atom. The Balaban J connectivity index is 2.13. The predicted molar refractivity (Wildman–Crippen MR) is 65.5 cm³/mol. The summed E-state index contributed by atoms with van der Waals surface area (Å²) in [5.41, 5.74) is 1.76. The normalized spacial score (nSPS) is 10.0. The molecule has 1 aromatic heterocycles. The molecule has 17 heavy (non-hydrogen) atoms. The number of aryl methyl sites for hydroxylation is 1. The first-order chi connectivity index (χ1) is 8.15. The second kappa shape index (κ2) is 4.78. The molecule has 0 saturated heterocycles. The van der Waals surface area contributed by atoms with Gasteiger partial charge in [-0.25, -0.2) is 4.98 Å². The van der Waals surface area contributed by atoms with Crippen LogP contribution in [0.5, 0.6) is 11.6 Å². The number of aromatic nitrogens is 1. The molecule has 2 rings (SSSR count). The van der Waals surface area contributed by atoms with Crippen molar-refractivity contribution in [3.8, 4) is 11.6 Å². The molecule has 2 aromatic rings. The van der Waals surface area contributed by atoms with E-state index >= 15 is 0 Å². The number of nitrogens with zero attached hydrogens (tertiary/aromatic N) is 1. The minimum absolute atomic E-state index is 0.000569. The van der Waals surface area contributed by atoms with Crippen molar-refractivity contribution >= 4 is 5.78 Å². The molecule has 0 unspecified atom stereocenters. The van der Waals surface area contributed by atoms with Gasteiger partial charge in [0.15, 0.2) is 5.78 Å². The summed E-state index contributed by atoms with van der Waals surface area (Å²) in [4.78, 5) is 15.1. The number of pyridine rings is 1. The van der Waals surface area contributed by atoms with Gasteiger partial charge in [0, 0.05) is 17.8 Å². The molecule has 0 aliphatic carbocycles. The van der Waals surface area contributed by atoms with Gasteiger partial charge in [0.2, 0.25) is 5.88 Å². The minimum atomic E-state index is -0.000569. The van der Waals surface area contributed by atoms with Crippen LogP contribution in [-0.2, 0) is 0 Å². The maximum absolute atomic E-state index is 11.1. The third-order valence-electron chi connectivity index (χ3n) is 2.39. The number of carbonyl (C=O) groups is 1. The van der Waals surface area contributed by atoms with Gasteiger partial charge in [0.1, 0.15) is 5.75 Å². The van der Waals surface area contributed by atoms with Crippen molar-refractivity contribution in [2.75, 3.05) is 0 Å². The quantitative estimate of drug-likeness (QED) is 0.754. The Morgan fingerprint density at radius 3 is 2.35 bits per heavy atom. The number of Topliss-reactive ketones (excluding diaryl/α,β-unsaturated/α-hetero) is 1. The molecule has 1 heterocycles. The van der Waals surface area contributed by atoms with Crippen LogP contribution in [0.2, 0.25) is 0 Å². The van der Waals surface area contributed by atoms with E-state index in [-0.39, 0.29) is 5.78 Å². The van der Waals surface area contributed by atoms with E-state index in [0.717, 1.165) is 5.75 Å². The van der Waals surface area contributed by atoms with E-state index in [1.54, 1.807) is 12.1 Å². The van der Waals surface area contributed by atoms with Crippen LogP contribution in [0.15, 0.2) is 42.6 Å². The van der Waals surface area contributed by atoms with Crippen molar-refractivity contribution in [3.63, 3.8) is 0 Å². The fourth-order valence-corrected chi connectivity index (χ4v) is 1.38. The first kappa shape index (κ1) is 11.3. The van der Waals surface area contributed by atoms with Crippen molar-refractivity contribution in [2.45, 2.75) is 13.8 Å². The van der Waals surface area contributed by atoms with Gasteiger partial charge in [-0.1, -0.05) is 17.7 Å². The van der Waals surface area contributed by atoms with Crippen LogP contribution in [0.4, 0.5) is 0 Å². The molecule has 1 aromatic carbocycles. The summed E-state index contributed by atoms with van der Waals surface area (Å²) in [5, 5.41) is 0. The van der Waals surface area contributed by atoms with E-state index in [1.807, 2.05) is 31.2 Å². The summed E-state index contributed by atoms with van der Waals surface area (Å²) >= 11 is 0. The standard InChI is InChI=1S/C14H13NO2/c1-10-3-6-13(7-4-10)17-14-8-5-12(9-15-14)11(2)16/h3-9H,1-2H3. The molecular formula is C14H13NO2. The number of hydrogen-bond acceptors (Lipinski definition) is 3. The van der Waals surface area contributed by atoms with Crippen LogP contribution in [0, 0.1) is 6.92 Å². The zero-order chi connectivity index (χ0) is 12.3. The fraction of sp³-hybridized carbons (Fsp3) is 0.143. The smallest absolute Gasteiger partial charge is 0.219 e. The summed E-state index contributed by atoms with van der Waals surface area (Å²) in [7, 11) is 0. The first-order valence-corrected chi connectivity index (χ1v) is 5.36. The Labute approximate surface area is 100 Å². The second-order valence-electron chi connectivity index (χ2n) is 3.86. The summed E-state index contributed by atoms with van der Waals surface area (Å²) in [5.74, 6) is 1.22. The highest BCUT2D eigenvalue weighted by Gasteiger charge is 2.01. The Bertz CT molecular complexity index is 515. The average Bonchev–Trinajstić information content (AvgIpc) is 2.33. The summed E-state index contributed by atoms with van der Waals surface area (Å²) in [6, 6.07) is 11.1. The molecule has 0 N–H and O–H groups in total. The zero-order valence-corrected chi connectivity index (χ0v) is 9.81. The van der Waals surface area contributed by atoms with Gasteiger partial charge in [-0.2, -0.15) is 0 Å². The van der Waals surface area contributed by atoms with Gasteiger partial charge in [0.05, 0.1) is 0 Å². The molecular weight excluding hydrogens is 214 g/mol. The van der Waals surface area contributed by atoms with Crippen LogP contribution < -0.4 is 4.74 Å². The molecule has 3 heteroatoms. The monoisotopic (exact) mass is 227 g/mol. The molecule has 86 valence electrons. The van der Waals surface area contributed by atoms with Crippen molar-refractivity contribution in [3.05, 3.63) is 53.7 Å².